The number of nitrogens with one attached hydrogen (secondary N) is 1. The van der Waals surface area contributed by atoms with Gasteiger partial charge in [0, 0.05) is 28.7 Å². The van der Waals surface area contributed by atoms with Gasteiger partial charge in [-0.15, -0.1) is 0 Å². The van der Waals surface area contributed by atoms with Crippen molar-refractivity contribution in [3.05, 3.63) is 61.8 Å². The number of nitrogens with zero attached hydrogens (tertiary/aromatic N) is 2. The van der Waals surface area contributed by atoms with Crippen molar-refractivity contribution in [1.82, 2.24) is 10.2 Å². The highest BCUT2D eigenvalue weighted by atomic mass is 35.5. The average Bonchev–Trinajstić information content (AvgIpc) is 3.10. The van der Waals surface area contributed by atoms with Crippen molar-refractivity contribution in [2.45, 2.75) is 25.1 Å². The lowest BCUT2D eigenvalue weighted by atomic mass is 9.93. The minimum atomic E-state index is -1.52. The first-order chi connectivity index (χ1) is 13.2. The Bertz CT molecular complexity index is 861. The molecule has 1 saturated heterocycles. The molecule has 2 heterocycles. The fourth-order valence-electron chi connectivity index (χ4n) is 3.08. The van der Waals surface area contributed by atoms with Crippen molar-refractivity contribution >= 4 is 35.0 Å². The predicted molar refractivity (Wildman–Crippen MR) is 103 cm³/mol. The molecule has 0 unspecified atom stereocenters. The molecule has 1 aromatic carbocycles. The summed E-state index contributed by atoms with van der Waals surface area (Å²) in [7, 11) is 0. The molecule has 1 aliphatic rings. The average molecular weight is 430 g/mol. The summed E-state index contributed by atoms with van der Waals surface area (Å²) in [6.45, 7) is 1.15. The molecule has 2 aromatic rings. The zero-order valence-electron chi connectivity index (χ0n) is 14.8. The van der Waals surface area contributed by atoms with Crippen molar-refractivity contribution in [3.8, 4) is 0 Å². The smallest absolute Gasteiger partial charge is 0.404 e. The zero-order chi connectivity index (χ0) is 20.3. The quantitative estimate of drug-likeness (QED) is 0.548. The van der Waals surface area contributed by atoms with E-state index in [9.17, 15) is 14.9 Å². The molecule has 0 radical (unpaired) electrons. The predicted octanol–water partition coefficient (Wildman–Crippen LogP) is 4.23. The minimum Gasteiger partial charge on any atom is -0.404 e. The van der Waals surface area contributed by atoms with Gasteiger partial charge < -0.3 is 9.73 Å². The van der Waals surface area contributed by atoms with Gasteiger partial charge in [-0.05, 0) is 37.1 Å². The van der Waals surface area contributed by atoms with Gasteiger partial charge in [-0.25, -0.2) is 4.39 Å². The molecule has 1 aliphatic heterocycles. The van der Waals surface area contributed by atoms with Gasteiger partial charge >= 0.3 is 5.88 Å². The molecule has 1 fully saturated rings. The van der Waals surface area contributed by atoms with Crippen LogP contribution in [-0.2, 0) is 6.54 Å². The molecular weight excluding hydrogens is 412 g/mol. The zero-order valence-corrected chi connectivity index (χ0v) is 16.3. The molecule has 28 heavy (non-hydrogen) atoms. The van der Waals surface area contributed by atoms with E-state index < -0.39 is 16.5 Å². The molecule has 7 nitrogen and oxygen atoms in total. The number of furan rings is 1. The highest BCUT2D eigenvalue weighted by molar-refractivity contribution is 6.35. The second-order valence-corrected chi connectivity index (χ2v) is 7.64. The Morgan fingerprint density at radius 1 is 1.25 bits per heavy atom. The number of benzene rings is 1. The van der Waals surface area contributed by atoms with Gasteiger partial charge in [-0.3, -0.25) is 19.8 Å². The fraction of sp³-hybridized carbons (Fsp3) is 0.389. The van der Waals surface area contributed by atoms with Gasteiger partial charge in [-0.2, -0.15) is 0 Å². The molecule has 150 valence electrons. The fourth-order valence-corrected chi connectivity index (χ4v) is 3.61. The van der Waals surface area contributed by atoms with Crippen LogP contribution in [-0.4, -0.2) is 41.0 Å². The Morgan fingerprint density at radius 3 is 2.46 bits per heavy atom. The third-order valence-electron chi connectivity index (χ3n) is 4.65. The van der Waals surface area contributed by atoms with E-state index in [0.29, 0.717) is 35.4 Å². The molecule has 0 bridgehead atoms. The van der Waals surface area contributed by atoms with Crippen LogP contribution < -0.4 is 5.32 Å². The summed E-state index contributed by atoms with van der Waals surface area (Å²) in [5, 5.41) is 13.9. The van der Waals surface area contributed by atoms with Gasteiger partial charge in [0.25, 0.3) is 5.91 Å². The Kier molecular flexibility index (Phi) is 6.22. The number of alkyl halides is 1. The van der Waals surface area contributed by atoms with Crippen LogP contribution in [0.25, 0.3) is 0 Å². The number of nitro groups is 1. The molecule has 10 heteroatoms. The molecule has 0 saturated carbocycles. The first-order valence-electron chi connectivity index (χ1n) is 8.63. The number of rotatable bonds is 6. The summed E-state index contributed by atoms with van der Waals surface area (Å²) in [6.07, 6.45) is 0.457. The van der Waals surface area contributed by atoms with E-state index in [1.165, 1.54) is 24.3 Å². The van der Waals surface area contributed by atoms with E-state index in [0.717, 1.165) is 0 Å². The largest absolute Gasteiger partial charge is 0.433 e. The molecule has 3 rings (SSSR count). The van der Waals surface area contributed by atoms with Crippen molar-refractivity contribution in [2.24, 2.45) is 0 Å². The number of hydrogen-bond acceptors (Lipinski definition) is 5. The number of hydrogen-bond donors (Lipinski definition) is 1. The van der Waals surface area contributed by atoms with Gasteiger partial charge in [0.15, 0.2) is 0 Å². The van der Waals surface area contributed by atoms with E-state index in [4.69, 9.17) is 27.6 Å². The summed E-state index contributed by atoms with van der Waals surface area (Å²) in [5.41, 5.74) is -1.25. The van der Waals surface area contributed by atoms with Crippen LogP contribution in [0.15, 0.2) is 34.7 Å². The number of halogens is 3. The molecule has 0 atom stereocenters. The third kappa shape index (κ3) is 5.21. The summed E-state index contributed by atoms with van der Waals surface area (Å²) in [4.78, 5) is 24.2. The van der Waals surface area contributed by atoms with Crippen LogP contribution in [0.4, 0.5) is 10.3 Å². The molecule has 1 aromatic heterocycles. The van der Waals surface area contributed by atoms with E-state index in [-0.39, 0.29) is 30.8 Å². The van der Waals surface area contributed by atoms with Crippen LogP contribution in [0, 0.1) is 10.1 Å². The van der Waals surface area contributed by atoms with Gasteiger partial charge in [0.2, 0.25) is 0 Å². The van der Waals surface area contributed by atoms with Gasteiger partial charge in [0.05, 0.1) is 19.2 Å². The van der Waals surface area contributed by atoms with E-state index >= 15 is 4.39 Å². The van der Waals surface area contributed by atoms with Crippen LogP contribution in [0.5, 0.6) is 0 Å². The van der Waals surface area contributed by atoms with Gasteiger partial charge in [-0.1, -0.05) is 23.2 Å². The number of amides is 1. The van der Waals surface area contributed by atoms with E-state index in [2.05, 4.69) is 5.32 Å². The van der Waals surface area contributed by atoms with Crippen molar-refractivity contribution in [3.63, 3.8) is 0 Å². The summed E-state index contributed by atoms with van der Waals surface area (Å²) in [5.74, 6) is -0.286. The Morgan fingerprint density at radius 2 is 1.89 bits per heavy atom. The maximum atomic E-state index is 15.0. The lowest BCUT2D eigenvalue weighted by Gasteiger charge is -2.36. The normalized spacial score (nSPS) is 16.7. The van der Waals surface area contributed by atoms with Crippen LogP contribution in [0.2, 0.25) is 10.0 Å². The van der Waals surface area contributed by atoms with Crippen LogP contribution in [0.1, 0.15) is 29.0 Å². The second kappa shape index (κ2) is 8.46. The molecule has 1 N–H and O–H groups in total. The summed E-state index contributed by atoms with van der Waals surface area (Å²) >= 11 is 11.8. The second-order valence-electron chi connectivity index (χ2n) is 6.76. The standard InChI is InChI=1S/C18H18Cl2FN3O4/c19-13-7-12(8-14(20)9-13)17(25)22-11-18(21)3-5-23(6-4-18)10-15-1-2-16(28-15)24(26)27/h1-2,7-9H,3-6,10-11H2,(H,22,25). The minimum absolute atomic E-state index is 0.115. The van der Waals surface area contributed by atoms with E-state index in [1.54, 1.807) is 6.07 Å². The van der Waals surface area contributed by atoms with Crippen molar-refractivity contribution < 1.29 is 18.5 Å². The third-order valence-corrected chi connectivity index (χ3v) is 5.09. The molecule has 0 spiro atoms. The SMILES string of the molecule is O=C(NCC1(F)CCN(Cc2ccc([N+](=O)[O-])o2)CC1)c1cc(Cl)cc(Cl)c1. The van der Waals surface area contributed by atoms with Crippen LogP contribution >= 0.6 is 23.2 Å². The summed E-state index contributed by atoms with van der Waals surface area (Å²) < 4.78 is 20.2. The Hall–Kier alpha value is -2.16. The maximum Gasteiger partial charge on any atom is 0.433 e. The maximum absolute atomic E-state index is 15.0. The van der Waals surface area contributed by atoms with E-state index in [1.807, 2.05) is 4.90 Å². The summed E-state index contributed by atoms with van der Waals surface area (Å²) in [6, 6.07) is 7.31. The number of carbonyl (C=O) groups is 1. The highest BCUT2D eigenvalue weighted by Crippen LogP contribution is 2.28. The van der Waals surface area contributed by atoms with Crippen molar-refractivity contribution in [1.29, 1.82) is 0 Å². The van der Waals surface area contributed by atoms with Crippen molar-refractivity contribution in [2.75, 3.05) is 19.6 Å². The number of piperidine rings is 1. The lowest BCUT2D eigenvalue weighted by molar-refractivity contribution is -0.402. The number of likely N-dealkylation sites (tertiary alicyclic amines) is 1. The highest BCUT2D eigenvalue weighted by Gasteiger charge is 2.35. The Labute approximate surface area is 170 Å². The van der Waals surface area contributed by atoms with Gasteiger partial charge in [0.1, 0.15) is 16.4 Å². The first kappa shape index (κ1) is 20.6. The molecular formula is C18H18Cl2FN3O4. The van der Waals surface area contributed by atoms with Crippen LogP contribution in [0.3, 0.4) is 0 Å². The Balaban J connectivity index is 1.50. The molecule has 0 aliphatic carbocycles. The number of carbonyl (C=O) groups excluding carboxylic acids is 1. The molecule has 1 amide bonds. The topological polar surface area (TPSA) is 88.6 Å². The monoisotopic (exact) mass is 429 g/mol. The first-order valence-corrected chi connectivity index (χ1v) is 9.38. The lowest BCUT2D eigenvalue weighted by Crippen LogP contribution is -2.48.